The van der Waals surface area contributed by atoms with Gasteiger partial charge in [-0.15, -0.1) is 0 Å². The third kappa shape index (κ3) is 9.57. The molecule has 0 fully saturated rings. The first kappa shape index (κ1) is 49.1. The minimum absolute atomic E-state index is 0.598. The molecule has 6 heteroatoms. The zero-order chi connectivity index (χ0) is 53.3. The average Bonchev–Trinajstić information content (AvgIpc) is 3.54. The fourth-order valence-electron chi connectivity index (χ4n) is 12.3. The molecule has 0 amide bonds. The molecule has 0 bridgehead atoms. The zero-order valence-electron chi connectivity index (χ0n) is 44.7. The predicted octanol–water partition coefficient (Wildman–Crippen LogP) is 19.3. The average molecular weight is 1040 g/mol. The number of benzene rings is 12. The Labute approximate surface area is 466 Å². The second kappa shape index (κ2) is 21.2. The van der Waals surface area contributed by atoms with Crippen LogP contribution in [0.1, 0.15) is 38.5 Å². The molecular weight excluding hydrogens is 977 g/mol. The topological polar surface area (TPSA) is 66.6 Å². The number of nitrogens with one attached hydrogen (secondary N) is 4. The van der Waals surface area contributed by atoms with Crippen molar-refractivity contribution in [3.8, 4) is 0 Å². The molecule has 2 aliphatic carbocycles. The predicted molar refractivity (Wildman–Crippen MR) is 340 cm³/mol. The molecular formula is C74H62N4O2. The van der Waals surface area contributed by atoms with Crippen molar-refractivity contribution >= 4 is 109 Å². The van der Waals surface area contributed by atoms with Crippen LogP contribution in [0.5, 0.6) is 0 Å². The summed E-state index contributed by atoms with van der Waals surface area (Å²) in [7, 11) is 0. The van der Waals surface area contributed by atoms with Gasteiger partial charge in [-0.2, -0.15) is 0 Å². The Bertz CT molecular complexity index is 3980. The highest BCUT2D eigenvalue weighted by Crippen LogP contribution is 2.42. The number of rotatable bonds is 17. The summed E-state index contributed by atoms with van der Waals surface area (Å²) in [6.45, 7) is 1.20. The minimum atomic E-state index is -0.777. The molecule has 0 saturated carbocycles. The van der Waals surface area contributed by atoms with Crippen LogP contribution in [0.3, 0.4) is 0 Å². The summed E-state index contributed by atoms with van der Waals surface area (Å²) in [5, 5.41) is 34.9. The standard InChI is InChI=1S/C74H62N4O2/c1(19-45-79-73(77-71-65-33-15-7-25-55(65)49-56-26-8-16-34-66(56)71)41-37-59(38-42-73)75-69-61-29-11-3-21-51(61)47-52-22-4-12-30-62(52)69)2-20-46-80-74(78-72-67-35-17-9-27-57(67)50-58-28-10-18-36-68(58)72)43-39-60(40-44-74)76-70-63-31-13-5-23-53(63)48-54-24-6-14-32-64(54)70/h3-18,21-41,43,47-50,75-78H,1-2,19-20,42,44-46H2. The number of hydrogen-bond acceptors (Lipinski definition) is 6. The van der Waals surface area contributed by atoms with Crippen molar-refractivity contribution in [1.29, 1.82) is 0 Å². The van der Waals surface area contributed by atoms with Crippen LogP contribution in [-0.2, 0) is 9.47 Å². The van der Waals surface area contributed by atoms with E-state index in [1.54, 1.807) is 0 Å². The molecule has 12 aromatic carbocycles. The highest BCUT2D eigenvalue weighted by atomic mass is 16.5. The van der Waals surface area contributed by atoms with E-state index >= 15 is 0 Å². The first-order chi connectivity index (χ1) is 39.5. The molecule has 12 aromatic rings. The number of unbranched alkanes of at least 4 members (excludes halogenated alkanes) is 3. The summed E-state index contributed by atoms with van der Waals surface area (Å²) < 4.78 is 14.3. The van der Waals surface area contributed by atoms with Crippen molar-refractivity contribution in [1.82, 2.24) is 0 Å². The summed E-state index contributed by atoms with van der Waals surface area (Å²) in [6.07, 6.45) is 18.6. The van der Waals surface area contributed by atoms with Gasteiger partial charge in [-0.25, -0.2) is 0 Å². The number of hydrogen-bond donors (Lipinski definition) is 4. The van der Waals surface area contributed by atoms with E-state index in [1.165, 1.54) is 86.2 Å². The largest absolute Gasteiger partial charge is 0.355 e. The van der Waals surface area contributed by atoms with Crippen molar-refractivity contribution in [2.45, 2.75) is 50.0 Å². The molecule has 0 spiro atoms. The van der Waals surface area contributed by atoms with Gasteiger partial charge in [0.2, 0.25) is 0 Å². The molecule has 0 aromatic heterocycles. The van der Waals surface area contributed by atoms with Crippen molar-refractivity contribution in [3.63, 3.8) is 0 Å². The Morgan fingerprint density at radius 3 is 0.800 bits per heavy atom. The SMILES string of the molecule is C1=CC(Nc2c3ccccc3cc3ccccc23)(OCCCCCCOC2(Nc3c4ccccc4cc4ccccc34)C=CC(Nc3c4ccccc4cc4ccccc34)=CC2)CC=C1Nc1c2ccccc2cc2ccccc12. The molecule has 80 heavy (non-hydrogen) atoms. The minimum Gasteiger partial charge on any atom is -0.355 e. The molecule has 4 N–H and O–H groups in total. The second-order valence-electron chi connectivity index (χ2n) is 21.6. The molecule has 6 nitrogen and oxygen atoms in total. The summed E-state index contributed by atoms with van der Waals surface area (Å²) in [5.74, 6) is 0. The maximum absolute atomic E-state index is 7.13. The quantitative estimate of drug-likeness (QED) is 0.0414. The lowest BCUT2D eigenvalue weighted by atomic mass is 9.96. The van der Waals surface area contributed by atoms with Crippen LogP contribution < -0.4 is 21.3 Å². The molecule has 0 saturated heterocycles. The van der Waals surface area contributed by atoms with Gasteiger partial charge in [-0.05, 0) is 105 Å². The maximum Gasteiger partial charge on any atom is 0.161 e. The first-order valence-electron chi connectivity index (χ1n) is 28.3. The van der Waals surface area contributed by atoms with Crippen LogP contribution in [-0.4, -0.2) is 24.7 Å². The number of ether oxygens (including phenoxy) is 2. The summed E-state index contributed by atoms with van der Waals surface area (Å²) in [6, 6.07) is 78.3. The maximum atomic E-state index is 7.13. The molecule has 0 radical (unpaired) electrons. The fourth-order valence-corrected chi connectivity index (χ4v) is 12.3. The molecule has 14 rings (SSSR count). The van der Waals surface area contributed by atoms with Gasteiger partial charge >= 0.3 is 0 Å². The van der Waals surface area contributed by atoms with Gasteiger partial charge in [0, 0.05) is 80.5 Å². The third-order valence-corrected chi connectivity index (χ3v) is 16.4. The fraction of sp³-hybridized carbons (Fsp3) is 0.135. The normalized spacial score (nSPS) is 17.2. The van der Waals surface area contributed by atoms with E-state index in [0.717, 1.165) is 59.8 Å². The monoisotopic (exact) mass is 1040 g/mol. The van der Waals surface area contributed by atoms with Crippen LogP contribution >= 0.6 is 0 Å². The zero-order valence-corrected chi connectivity index (χ0v) is 44.7. The number of fused-ring (bicyclic) bond motifs is 8. The lowest BCUT2D eigenvalue weighted by Gasteiger charge is -2.36. The second-order valence-corrected chi connectivity index (χ2v) is 21.6. The Morgan fingerprint density at radius 2 is 0.550 bits per heavy atom. The van der Waals surface area contributed by atoms with Crippen LogP contribution in [0.25, 0.3) is 86.2 Å². The van der Waals surface area contributed by atoms with E-state index in [9.17, 15) is 0 Å². The van der Waals surface area contributed by atoms with Crippen LogP contribution in [0, 0.1) is 0 Å². The number of allylic oxidation sites excluding steroid dienone is 2. The van der Waals surface area contributed by atoms with E-state index < -0.39 is 11.4 Å². The molecule has 390 valence electrons. The van der Waals surface area contributed by atoms with Crippen LogP contribution in [0.2, 0.25) is 0 Å². The van der Waals surface area contributed by atoms with Gasteiger partial charge in [0.1, 0.15) is 0 Å². The Hall–Kier alpha value is -9.20. The first-order valence-corrected chi connectivity index (χ1v) is 28.3. The molecule has 2 aliphatic rings. The molecule has 2 atom stereocenters. The van der Waals surface area contributed by atoms with Crippen LogP contribution in [0.4, 0.5) is 22.7 Å². The Balaban J connectivity index is 0.694. The van der Waals surface area contributed by atoms with Gasteiger partial charge in [-0.1, -0.05) is 219 Å². The van der Waals surface area contributed by atoms with Crippen molar-refractivity contribution < 1.29 is 9.47 Å². The smallest absolute Gasteiger partial charge is 0.161 e. The van der Waals surface area contributed by atoms with Gasteiger partial charge in [0.05, 0.1) is 22.7 Å². The summed E-state index contributed by atoms with van der Waals surface area (Å²) in [4.78, 5) is 0. The molecule has 0 aliphatic heterocycles. The van der Waals surface area contributed by atoms with Gasteiger partial charge in [0.25, 0.3) is 0 Å². The lowest BCUT2D eigenvalue weighted by Crippen LogP contribution is -2.41. The Morgan fingerprint density at radius 1 is 0.300 bits per heavy atom. The van der Waals surface area contributed by atoms with E-state index in [4.69, 9.17) is 9.47 Å². The van der Waals surface area contributed by atoms with E-state index in [2.05, 4.69) is 276 Å². The lowest BCUT2D eigenvalue weighted by molar-refractivity contribution is 0.00665. The van der Waals surface area contributed by atoms with Gasteiger partial charge in [-0.3, -0.25) is 0 Å². The number of anilines is 4. The molecule has 0 heterocycles. The summed E-state index contributed by atoms with van der Waals surface area (Å²) >= 11 is 0. The van der Waals surface area contributed by atoms with Gasteiger partial charge < -0.3 is 30.7 Å². The van der Waals surface area contributed by atoms with Crippen molar-refractivity contribution in [2.24, 2.45) is 0 Å². The van der Waals surface area contributed by atoms with E-state index in [1.807, 2.05) is 0 Å². The molecule has 2 unspecified atom stereocenters. The van der Waals surface area contributed by atoms with Crippen molar-refractivity contribution in [3.05, 3.63) is 266 Å². The Kier molecular flexibility index (Phi) is 13.0. The highest BCUT2D eigenvalue weighted by molar-refractivity contribution is 6.14. The van der Waals surface area contributed by atoms with E-state index in [0.29, 0.717) is 26.1 Å². The van der Waals surface area contributed by atoms with E-state index in [-0.39, 0.29) is 0 Å². The van der Waals surface area contributed by atoms with Gasteiger partial charge in [0.15, 0.2) is 11.4 Å². The van der Waals surface area contributed by atoms with Crippen LogP contribution in [0.15, 0.2) is 266 Å². The third-order valence-electron chi connectivity index (χ3n) is 16.4. The van der Waals surface area contributed by atoms with Crippen molar-refractivity contribution in [2.75, 3.05) is 34.5 Å². The highest BCUT2D eigenvalue weighted by Gasteiger charge is 2.33. The summed E-state index contributed by atoms with van der Waals surface area (Å²) in [5.41, 5.74) is 4.94.